The van der Waals surface area contributed by atoms with Crippen LogP contribution in [0.15, 0.2) is 0 Å². The molecule has 0 aromatic rings. The second-order valence-electron chi connectivity index (χ2n) is 4.53. The van der Waals surface area contributed by atoms with Crippen LogP contribution in [0.4, 0.5) is 0 Å². The smallest absolute Gasteiger partial charge is 0.306 e. The zero-order valence-corrected chi connectivity index (χ0v) is 9.11. The molecule has 3 nitrogen and oxygen atoms in total. The lowest BCUT2D eigenvalue weighted by molar-refractivity contribution is -0.141. The molecule has 4 heteroatoms. The fourth-order valence-electron chi connectivity index (χ4n) is 2.83. The molecular weight excluding hydrogens is 202 g/mol. The van der Waals surface area contributed by atoms with Crippen molar-refractivity contribution in [3.05, 3.63) is 0 Å². The van der Waals surface area contributed by atoms with Crippen LogP contribution in [0.25, 0.3) is 0 Å². The minimum Gasteiger partial charge on any atom is -0.481 e. The van der Waals surface area contributed by atoms with Crippen molar-refractivity contribution in [1.29, 1.82) is 0 Å². The third-order valence-electron chi connectivity index (χ3n) is 3.72. The van der Waals surface area contributed by atoms with Gasteiger partial charge in [-0.3, -0.25) is 4.79 Å². The van der Waals surface area contributed by atoms with Gasteiger partial charge in [0.05, 0.1) is 5.92 Å². The molecule has 0 aromatic carbocycles. The molecule has 1 atom stereocenters. The summed E-state index contributed by atoms with van der Waals surface area (Å²) in [5, 5.41) is 12.2. The first-order chi connectivity index (χ1) is 6.22. The largest absolute Gasteiger partial charge is 0.481 e. The maximum atomic E-state index is 10.8. The molecule has 0 radical (unpaired) electrons. The van der Waals surface area contributed by atoms with Crippen molar-refractivity contribution < 1.29 is 9.90 Å². The number of halogens is 1. The third-order valence-corrected chi connectivity index (χ3v) is 3.72. The molecule has 1 spiro atoms. The summed E-state index contributed by atoms with van der Waals surface area (Å²) < 4.78 is 0. The van der Waals surface area contributed by atoms with Crippen LogP contribution in [0.2, 0.25) is 0 Å². The predicted octanol–water partition coefficient (Wildman–Crippen LogP) is 1.66. The Morgan fingerprint density at radius 3 is 2.43 bits per heavy atom. The van der Waals surface area contributed by atoms with Crippen LogP contribution in [-0.2, 0) is 4.79 Å². The molecule has 0 bridgehead atoms. The van der Waals surface area contributed by atoms with E-state index in [1.165, 1.54) is 12.8 Å². The summed E-state index contributed by atoms with van der Waals surface area (Å²) in [6, 6.07) is 0. The zero-order valence-electron chi connectivity index (χ0n) is 8.29. The lowest BCUT2D eigenvalue weighted by Crippen LogP contribution is -2.35. The lowest BCUT2D eigenvalue weighted by Gasteiger charge is -2.33. The molecule has 0 aromatic heterocycles. The molecule has 1 heterocycles. The van der Waals surface area contributed by atoms with Crippen molar-refractivity contribution >= 4 is 18.4 Å². The van der Waals surface area contributed by atoms with Crippen molar-refractivity contribution in [3.8, 4) is 0 Å². The summed E-state index contributed by atoms with van der Waals surface area (Å²) in [5.74, 6) is -0.645. The minimum absolute atomic E-state index is 0. The van der Waals surface area contributed by atoms with Crippen LogP contribution < -0.4 is 5.32 Å². The number of carboxylic acid groups (broad SMARTS) is 1. The van der Waals surface area contributed by atoms with Crippen LogP contribution in [-0.4, -0.2) is 24.2 Å². The van der Waals surface area contributed by atoms with E-state index in [-0.39, 0.29) is 18.3 Å². The molecule has 1 saturated heterocycles. The summed E-state index contributed by atoms with van der Waals surface area (Å²) in [5.41, 5.74) is 0.383. The fourth-order valence-corrected chi connectivity index (χ4v) is 2.83. The number of hydrogen-bond donors (Lipinski definition) is 2. The van der Waals surface area contributed by atoms with E-state index >= 15 is 0 Å². The van der Waals surface area contributed by atoms with E-state index in [0.29, 0.717) is 5.41 Å². The molecule has 82 valence electrons. The number of nitrogens with one attached hydrogen (secondary N) is 1. The van der Waals surface area contributed by atoms with Crippen LogP contribution in [0, 0.1) is 11.3 Å². The number of hydrogen-bond acceptors (Lipinski definition) is 2. The molecule has 2 aliphatic rings. The SMILES string of the molecule is Cl.O=C(O)C1CCC2(CCNCC2)C1. The molecule has 14 heavy (non-hydrogen) atoms. The van der Waals surface area contributed by atoms with Crippen LogP contribution in [0.5, 0.6) is 0 Å². The Bertz CT molecular complexity index is 214. The molecule has 1 aliphatic heterocycles. The maximum absolute atomic E-state index is 10.8. The Kier molecular flexibility index (Phi) is 3.78. The predicted molar refractivity (Wildman–Crippen MR) is 56.8 cm³/mol. The standard InChI is InChI=1S/C10H17NO2.ClH/c12-9(13)8-1-2-10(7-8)3-5-11-6-4-10;/h8,11H,1-7H2,(H,12,13);1H. The number of aliphatic carboxylic acids is 1. The summed E-state index contributed by atoms with van der Waals surface area (Å²) in [6.07, 6.45) is 5.30. The van der Waals surface area contributed by atoms with Crippen LogP contribution in [0.3, 0.4) is 0 Å². The molecule has 0 amide bonds. The van der Waals surface area contributed by atoms with Gasteiger partial charge in [0.15, 0.2) is 0 Å². The summed E-state index contributed by atoms with van der Waals surface area (Å²) in [4.78, 5) is 10.8. The van der Waals surface area contributed by atoms with Gasteiger partial charge in [-0.05, 0) is 50.6 Å². The molecule has 1 saturated carbocycles. The molecule has 2 fully saturated rings. The van der Waals surface area contributed by atoms with E-state index in [1.807, 2.05) is 0 Å². The highest BCUT2D eigenvalue weighted by atomic mass is 35.5. The Morgan fingerprint density at radius 2 is 1.93 bits per heavy atom. The quantitative estimate of drug-likeness (QED) is 0.705. The molecule has 2 N–H and O–H groups in total. The maximum Gasteiger partial charge on any atom is 0.306 e. The van der Waals surface area contributed by atoms with Gasteiger partial charge in [0.1, 0.15) is 0 Å². The average molecular weight is 220 g/mol. The van der Waals surface area contributed by atoms with Crippen LogP contribution in [0.1, 0.15) is 32.1 Å². The second-order valence-corrected chi connectivity index (χ2v) is 4.53. The fraction of sp³-hybridized carbons (Fsp3) is 0.900. The average Bonchev–Trinajstić information content (AvgIpc) is 2.51. The lowest BCUT2D eigenvalue weighted by atomic mass is 9.77. The highest BCUT2D eigenvalue weighted by Crippen LogP contribution is 2.47. The monoisotopic (exact) mass is 219 g/mol. The highest BCUT2D eigenvalue weighted by molar-refractivity contribution is 5.85. The van der Waals surface area contributed by atoms with E-state index in [2.05, 4.69) is 5.32 Å². The van der Waals surface area contributed by atoms with Crippen molar-refractivity contribution in [2.45, 2.75) is 32.1 Å². The Hall–Kier alpha value is -0.280. The van der Waals surface area contributed by atoms with Crippen molar-refractivity contribution in [3.63, 3.8) is 0 Å². The third kappa shape index (κ3) is 2.20. The number of piperidine rings is 1. The first-order valence-electron chi connectivity index (χ1n) is 5.15. The Labute approximate surface area is 90.7 Å². The van der Waals surface area contributed by atoms with E-state index in [9.17, 15) is 4.79 Å². The topological polar surface area (TPSA) is 49.3 Å². The van der Waals surface area contributed by atoms with E-state index < -0.39 is 5.97 Å². The van der Waals surface area contributed by atoms with E-state index in [1.54, 1.807) is 0 Å². The van der Waals surface area contributed by atoms with Gasteiger partial charge in [-0.25, -0.2) is 0 Å². The van der Waals surface area contributed by atoms with Gasteiger partial charge < -0.3 is 10.4 Å². The molecule has 2 rings (SSSR count). The Balaban J connectivity index is 0.000000980. The van der Waals surface area contributed by atoms with Gasteiger partial charge in [0.25, 0.3) is 0 Å². The van der Waals surface area contributed by atoms with Crippen molar-refractivity contribution in [2.75, 3.05) is 13.1 Å². The summed E-state index contributed by atoms with van der Waals surface area (Å²) >= 11 is 0. The van der Waals surface area contributed by atoms with Crippen molar-refractivity contribution in [1.82, 2.24) is 5.32 Å². The van der Waals surface area contributed by atoms with Gasteiger partial charge in [0, 0.05) is 0 Å². The highest BCUT2D eigenvalue weighted by Gasteiger charge is 2.42. The normalized spacial score (nSPS) is 29.9. The van der Waals surface area contributed by atoms with Gasteiger partial charge >= 0.3 is 5.97 Å². The molecular formula is C10H18ClNO2. The minimum atomic E-state index is -0.588. The van der Waals surface area contributed by atoms with E-state index in [4.69, 9.17) is 5.11 Å². The van der Waals surface area contributed by atoms with Gasteiger partial charge in [-0.15, -0.1) is 12.4 Å². The first kappa shape index (κ1) is 11.8. The van der Waals surface area contributed by atoms with Gasteiger partial charge in [-0.2, -0.15) is 0 Å². The van der Waals surface area contributed by atoms with Crippen molar-refractivity contribution in [2.24, 2.45) is 11.3 Å². The molecule has 1 aliphatic carbocycles. The van der Waals surface area contributed by atoms with Gasteiger partial charge in [-0.1, -0.05) is 0 Å². The van der Waals surface area contributed by atoms with Crippen LogP contribution >= 0.6 is 12.4 Å². The summed E-state index contributed by atoms with van der Waals surface area (Å²) in [6.45, 7) is 2.15. The number of carbonyl (C=O) groups is 1. The molecule has 1 unspecified atom stereocenters. The Morgan fingerprint density at radius 1 is 1.29 bits per heavy atom. The second kappa shape index (κ2) is 4.49. The van der Waals surface area contributed by atoms with Gasteiger partial charge in [0.2, 0.25) is 0 Å². The van der Waals surface area contributed by atoms with E-state index in [0.717, 1.165) is 32.4 Å². The first-order valence-corrected chi connectivity index (χ1v) is 5.15. The summed E-state index contributed by atoms with van der Waals surface area (Å²) in [7, 11) is 0. The number of carboxylic acids is 1. The zero-order chi connectivity index (χ0) is 9.31. The number of rotatable bonds is 1.